The third-order valence-corrected chi connectivity index (χ3v) is 4.96. The first kappa shape index (κ1) is 14.9. The first-order valence-corrected chi connectivity index (χ1v) is 8.39. The van der Waals surface area contributed by atoms with Crippen molar-refractivity contribution in [3.63, 3.8) is 0 Å². The van der Waals surface area contributed by atoms with E-state index in [1.165, 1.54) is 6.07 Å². The average Bonchev–Trinajstić information content (AvgIpc) is 2.41. The Kier molecular flexibility index (Phi) is 4.67. The van der Waals surface area contributed by atoms with Crippen molar-refractivity contribution < 1.29 is 13.2 Å². The molecule has 0 heterocycles. The van der Waals surface area contributed by atoms with Crippen molar-refractivity contribution in [2.24, 2.45) is 0 Å². The highest BCUT2D eigenvalue weighted by molar-refractivity contribution is 9.10. The number of sulfone groups is 1. The summed E-state index contributed by atoms with van der Waals surface area (Å²) in [6, 6.07) is 13.6. The monoisotopic (exact) mass is 355 g/mol. The fourth-order valence-electron chi connectivity index (χ4n) is 1.67. The van der Waals surface area contributed by atoms with Gasteiger partial charge in [-0.05, 0) is 36.4 Å². The minimum absolute atomic E-state index is 0.0816. The van der Waals surface area contributed by atoms with Gasteiger partial charge in [0, 0.05) is 4.47 Å². The minimum atomic E-state index is -3.43. The molecule has 0 amide bonds. The highest BCUT2D eigenvalue weighted by atomic mass is 79.9. The molecule has 106 valence electrons. The van der Waals surface area contributed by atoms with Crippen LogP contribution in [0.25, 0.3) is 0 Å². The van der Waals surface area contributed by atoms with Crippen LogP contribution in [0.15, 0.2) is 57.9 Å². The van der Waals surface area contributed by atoms with Gasteiger partial charge in [0.05, 0.1) is 16.3 Å². The number of hydrogen-bond acceptors (Lipinski definition) is 4. The van der Waals surface area contributed by atoms with Gasteiger partial charge in [-0.15, -0.1) is 0 Å². The molecule has 2 rings (SSSR count). The molecule has 0 saturated carbocycles. The van der Waals surface area contributed by atoms with Gasteiger partial charge in [0.25, 0.3) is 0 Å². The summed E-state index contributed by atoms with van der Waals surface area (Å²) in [6.45, 7) is 0.0816. The van der Waals surface area contributed by atoms with E-state index in [4.69, 9.17) is 10.5 Å². The molecule has 2 aromatic rings. The summed E-state index contributed by atoms with van der Waals surface area (Å²) in [5.41, 5.74) is 5.94. The number of anilines is 1. The third-order valence-electron chi connectivity index (χ3n) is 2.69. The zero-order chi connectivity index (χ0) is 14.6. The number of rotatable bonds is 5. The molecule has 0 fully saturated rings. The van der Waals surface area contributed by atoms with Crippen LogP contribution in [-0.4, -0.2) is 20.8 Å². The van der Waals surface area contributed by atoms with Crippen molar-refractivity contribution in [3.8, 4) is 5.75 Å². The van der Waals surface area contributed by atoms with E-state index in [-0.39, 0.29) is 22.9 Å². The lowest BCUT2D eigenvalue weighted by Gasteiger charge is -2.09. The first-order valence-electron chi connectivity index (χ1n) is 5.95. The van der Waals surface area contributed by atoms with E-state index in [0.717, 1.165) is 4.47 Å². The fourth-order valence-corrected chi connectivity index (χ4v) is 3.17. The average molecular weight is 356 g/mol. The van der Waals surface area contributed by atoms with Crippen molar-refractivity contribution >= 4 is 31.5 Å². The van der Waals surface area contributed by atoms with Gasteiger partial charge in [0.15, 0.2) is 9.84 Å². The maximum atomic E-state index is 12.1. The van der Waals surface area contributed by atoms with Crippen LogP contribution in [0, 0.1) is 0 Å². The van der Waals surface area contributed by atoms with Crippen LogP contribution < -0.4 is 10.5 Å². The number of nitrogens with two attached hydrogens (primary N) is 1. The highest BCUT2D eigenvalue weighted by Crippen LogP contribution is 2.20. The molecule has 0 aliphatic rings. The Hall–Kier alpha value is -1.53. The number of ether oxygens (including phenoxy) is 1. The second-order valence-electron chi connectivity index (χ2n) is 4.16. The highest BCUT2D eigenvalue weighted by Gasteiger charge is 2.17. The molecule has 6 heteroatoms. The standard InChI is InChI=1S/C14H14BrNO3S/c15-11-5-7-12(8-6-11)19-9-10-20(17,18)14-4-2-1-3-13(14)16/h1-8H,9-10,16H2. The van der Waals surface area contributed by atoms with Crippen LogP contribution in [0.3, 0.4) is 0 Å². The molecule has 0 aliphatic heterocycles. The lowest BCUT2D eigenvalue weighted by molar-refractivity contribution is 0.341. The van der Waals surface area contributed by atoms with Crippen LogP contribution in [0.5, 0.6) is 5.75 Å². The summed E-state index contributed by atoms with van der Waals surface area (Å²) in [4.78, 5) is 0.152. The van der Waals surface area contributed by atoms with Crippen molar-refractivity contribution in [1.82, 2.24) is 0 Å². The van der Waals surface area contributed by atoms with E-state index in [1.54, 1.807) is 30.3 Å². The molecule has 0 radical (unpaired) electrons. The third kappa shape index (κ3) is 3.74. The van der Waals surface area contributed by atoms with Crippen LogP contribution in [0.2, 0.25) is 0 Å². The molecule has 0 bridgehead atoms. The van der Waals surface area contributed by atoms with Gasteiger partial charge in [-0.2, -0.15) is 0 Å². The van der Waals surface area contributed by atoms with Crippen LogP contribution >= 0.6 is 15.9 Å². The molecular formula is C14H14BrNO3S. The van der Waals surface area contributed by atoms with Gasteiger partial charge >= 0.3 is 0 Å². The van der Waals surface area contributed by atoms with Crippen molar-refractivity contribution in [2.45, 2.75) is 4.90 Å². The van der Waals surface area contributed by atoms with Gasteiger partial charge in [-0.1, -0.05) is 28.1 Å². The van der Waals surface area contributed by atoms with Crippen LogP contribution in [-0.2, 0) is 9.84 Å². The maximum absolute atomic E-state index is 12.1. The zero-order valence-corrected chi connectivity index (χ0v) is 13.0. The Morgan fingerprint density at radius 3 is 2.35 bits per heavy atom. The molecule has 0 aliphatic carbocycles. The zero-order valence-electron chi connectivity index (χ0n) is 10.6. The minimum Gasteiger partial charge on any atom is -0.493 e. The number of halogens is 1. The van der Waals surface area contributed by atoms with E-state index in [2.05, 4.69) is 15.9 Å². The first-order chi connectivity index (χ1) is 9.49. The predicted molar refractivity (Wildman–Crippen MR) is 82.5 cm³/mol. The van der Waals surface area contributed by atoms with E-state index in [9.17, 15) is 8.42 Å². The summed E-state index contributed by atoms with van der Waals surface area (Å²) in [5, 5.41) is 0. The molecule has 0 saturated heterocycles. The molecule has 2 N–H and O–H groups in total. The number of hydrogen-bond donors (Lipinski definition) is 1. The lowest BCUT2D eigenvalue weighted by atomic mass is 10.3. The van der Waals surface area contributed by atoms with Gasteiger partial charge in [-0.25, -0.2) is 8.42 Å². The molecule has 0 unspecified atom stereocenters. The Morgan fingerprint density at radius 1 is 1.05 bits per heavy atom. The SMILES string of the molecule is Nc1ccccc1S(=O)(=O)CCOc1ccc(Br)cc1. The van der Waals surface area contributed by atoms with Gasteiger partial charge in [-0.3, -0.25) is 0 Å². The second-order valence-corrected chi connectivity index (χ2v) is 7.15. The molecule has 0 spiro atoms. The number of benzene rings is 2. The number of nitrogen functional groups attached to an aromatic ring is 1. The summed E-state index contributed by atoms with van der Waals surface area (Å²) >= 11 is 3.32. The fraction of sp³-hybridized carbons (Fsp3) is 0.143. The summed E-state index contributed by atoms with van der Waals surface area (Å²) in [7, 11) is -3.43. The van der Waals surface area contributed by atoms with Crippen LogP contribution in [0.1, 0.15) is 0 Å². The topological polar surface area (TPSA) is 69.4 Å². The summed E-state index contributed by atoms with van der Waals surface area (Å²) in [5.74, 6) is 0.515. The van der Waals surface area contributed by atoms with Gasteiger partial charge in [0.1, 0.15) is 12.4 Å². The van der Waals surface area contributed by atoms with Gasteiger partial charge < -0.3 is 10.5 Å². The maximum Gasteiger partial charge on any atom is 0.183 e. The molecule has 20 heavy (non-hydrogen) atoms. The van der Waals surface area contributed by atoms with Crippen molar-refractivity contribution in [2.75, 3.05) is 18.1 Å². The second kappa shape index (κ2) is 6.28. The summed E-state index contributed by atoms with van der Waals surface area (Å²) < 4.78 is 30.6. The smallest absolute Gasteiger partial charge is 0.183 e. The van der Waals surface area contributed by atoms with E-state index >= 15 is 0 Å². The quantitative estimate of drug-likeness (QED) is 0.837. The molecule has 4 nitrogen and oxygen atoms in total. The Balaban J connectivity index is 2.00. The van der Waals surface area contributed by atoms with Crippen molar-refractivity contribution in [1.29, 1.82) is 0 Å². The Morgan fingerprint density at radius 2 is 1.70 bits per heavy atom. The Bertz CT molecular complexity index is 684. The largest absolute Gasteiger partial charge is 0.493 e. The normalized spacial score (nSPS) is 11.2. The Labute approximate surface area is 126 Å². The predicted octanol–water partition coefficient (Wildman–Crippen LogP) is 2.88. The summed E-state index contributed by atoms with van der Waals surface area (Å²) in [6.07, 6.45) is 0. The molecule has 2 aromatic carbocycles. The lowest BCUT2D eigenvalue weighted by Crippen LogP contribution is -2.15. The molecule has 0 atom stereocenters. The van der Waals surface area contributed by atoms with Gasteiger partial charge in [0.2, 0.25) is 0 Å². The van der Waals surface area contributed by atoms with E-state index < -0.39 is 9.84 Å². The van der Waals surface area contributed by atoms with Crippen molar-refractivity contribution in [3.05, 3.63) is 53.0 Å². The van der Waals surface area contributed by atoms with E-state index in [0.29, 0.717) is 5.75 Å². The molecular weight excluding hydrogens is 342 g/mol. The molecule has 0 aromatic heterocycles. The number of para-hydroxylation sites is 1. The van der Waals surface area contributed by atoms with Crippen LogP contribution in [0.4, 0.5) is 5.69 Å². The van der Waals surface area contributed by atoms with E-state index in [1.807, 2.05) is 12.1 Å².